The minimum atomic E-state index is -5.07. The van der Waals surface area contributed by atoms with E-state index >= 15 is 0 Å². The van der Waals surface area contributed by atoms with Crippen LogP contribution in [-0.4, -0.2) is 31.6 Å². The molecule has 0 radical (unpaired) electrons. The molecule has 0 spiro atoms. The second-order valence-electron chi connectivity index (χ2n) is 8.81. The van der Waals surface area contributed by atoms with Gasteiger partial charge in [0.15, 0.2) is 0 Å². The molecule has 37 heavy (non-hydrogen) atoms. The van der Waals surface area contributed by atoms with Crippen LogP contribution in [0.4, 0.5) is 39.9 Å². The van der Waals surface area contributed by atoms with Crippen molar-refractivity contribution in [1.82, 2.24) is 16.0 Å². The molecule has 2 aromatic rings. The minimum absolute atomic E-state index is 0.0228. The van der Waals surface area contributed by atoms with Crippen LogP contribution in [0.2, 0.25) is 0 Å². The van der Waals surface area contributed by atoms with Gasteiger partial charge < -0.3 is 20.7 Å². The lowest BCUT2D eigenvalue weighted by molar-refractivity contribution is -0.143. The average Bonchev–Trinajstić information content (AvgIpc) is 3.50. The largest absolute Gasteiger partial charge is 0.497 e. The number of halogens is 8. The highest BCUT2D eigenvalue weighted by atomic mass is 19.4. The number of carbonyl (C=O) groups excluding carboxylic acids is 2. The van der Waals surface area contributed by atoms with E-state index in [2.05, 4.69) is 16.0 Å². The van der Waals surface area contributed by atoms with E-state index in [1.165, 1.54) is 7.11 Å². The third kappa shape index (κ3) is 5.27. The Balaban J connectivity index is 1.58. The second kappa shape index (κ2) is 9.06. The van der Waals surface area contributed by atoms with E-state index < -0.39 is 75.7 Å². The summed E-state index contributed by atoms with van der Waals surface area (Å²) in [6, 6.07) is 0.230. The van der Waals surface area contributed by atoms with E-state index in [-0.39, 0.29) is 31.2 Å². The lowest BCUT2D eigenvalue weighted by atomic mass is 9.92. The first kappa shape index (κ1) is 26.5. The molecular weight excluding hydrogens is 518 g/mol. The summed E-state index contributed by atoms with van der Waals surface area (Å²) >= 11 is 0. The van der Waals surface area contributed by atoms with Crippen molar-refractivity contribution in [2.45, 2.75) is 42.7 Å². The quantitative estimate of drug-likeness (QED) is 0.489. The van der Waals surface area contributed by atoms with Crippen molar-refractivity contribution in [1.29, 1.82) is 0 Å². The zero-order valence-electron chi connectivity index (χ0n) is 18.9. The van der Waals surface area contributed by atoms with Gasteiger partial charge in [0.05, 0.1) is 23.8 Å². The van der Waals surface area contributed by atoms with Gasteiger partial charge >= 0.3 is 18.4 Å². The Kier molecular flexibility index (Phi) is 6.49. The highest BCUT2D eigenvalue weighted by Gasteiger charge is 2.49. The number of amides is 3. The van der Waals surface area contributed by atoms with Gasteiger partial charge in [0.1, 0.15) is 23.4 Å². The smallest absolute Gasteiger partial charge is 0.416 e. The summed E-state index contributed by atoms with van der Waals surface area (Å²) in [4.78, 5) is 25.1. The molecule has 3 amide bonds. The maximum Gasteiger partial charge on any atom is 0.416 e. The highest BCUT2D eigenvalue weighted by molar-refractivity contribution is 5.90. The molecule has 2 aromatic carbocycles. The van der Waals surface area contributed by atoms with Gasteiger partial charge in [-0.05, 0) is 36.6 Å². The zero-order valence-corrected chi connectivity index (χ0v) is 18.9. The number of hydrogen-bond donors (Lipinski definition) is 3. The van der Waals surface area contributed by atoms with Gasteiger partial charge in [-0.1, -0.05) is 0 Å². The minimum Gasteiger partial charge on any atom is -0.497 e. The van der Waals surface area contributed by atoms with Crippen molar-refractivity contribution in [2.75, 3.05) is 13.7 Å². The van der Waals surface area contributed by atoms with Crippen LogP contribution in [0.3, 0.4) is 0 Å². The Hall–Kier alpha value is -3.58. The van der Waals surface area contributed by atoms with Gasteiger partial charge in [0, 0.05) is 30.2 Å². The SMILES string of the molecule is COc1cc(F)c([C@@H]2CNC(=O)[C@H]2NC(=O)NC2(c3cc(C(F)(F)F)cc(C(F)(F)F)c3)CC2)c(F)c1. The third-order valence-electron chi connectivity index (χ3n) is 6.37. The monoisotopic (exact) mass is 537 g/mol. The number of alkyl halides is 6. The number of benzene rings is 2. The molecule has 0 unspecified atom stereocenters. The standard InChI is InChI=1S/C23H19F8N3O3/c1-37-13-7-15(24)17(16(25)8-13)14-9-32-19(35)18(14)33-20(36)34-21(2-3-21)10-4-11(22(26,27)28)6-12(5-10)23(29,30)31/h4-8,14,18H,2-3,9H2,1H3,(H,32,35)(H2,33,34,36)/t14-,18-/m0/s1. The molecule has 2 aliphatic rings. The fourth-order valence-electron chi connectivity index (χ4n) is 4.33. The lowest BCUT2D eigenvalue weighted by Gasteiger charge is -2.24. The first-order valence-electron chi connectivity index (χ1n) is 10.8. The normalized spacial score (nSPS) is 20.8. The number of nitrogens with one attached hydrogen (secondary N) is 3. The molecule has 1 saturated heterocycles. The van der Waals surface area contributed by atoms with Gasteiger partial charge in [-0.25, -0.2) is 13.6 Å². The first-order valence-corrected chi connectivity index (χ1v) is 10.8. The molecule has 0 bridgehead atoms. The third-order valence-corrected chi connectivity index (χ3v) is 6.37. The van der Waals surface area contributed by atoms with E-state index in [1.54, 1.807) is 0 Å². The lowest BCUT2D eigenvalue weighted by Crippen LogP contribution is -2.50. The van der Waals surface area contributed by atoms with Crippen molar-refractivity contribution in [3.05, 3.63) is 64.2 Å². The van der Waals surface area contributed by atoms with Crippen molar-refractivity contribution >= 4 is 11.9 Å². The maximum atomic E-state index is 14.6. The van der Waals surface area contributed by atoms with Crippen molar-refractivity contribution in [3.63, 3.8) is 0 Å². The molecule has 4 rings (SSSR count). The number of hydrogen-bond acceptors (Lipinski definition) is 3. The molecule has 1 heterocycles. The molecular formula is C23H19F8N3O3. The molecule has 3 N–H and O–H groups in total. The molecule has 1 aliphatic carbocycles. The molecule has 2 fully saturated rings. The summed E-state index contributed by atoms with van der Waals surface area (Å²) in [7, 11) is 1.19. The topological polar surface area (TPSA) is 79.5 Å². The Morgan fingerprint density at radius 1 is 0.973 bits per heavy atom. The fraction of sp³-hybridized carbons (Fsp3) is 0.391. The number of urea groups is 1. The molecule has 6 nitrogen and oxygen atoms in total. The molecule has 1 aliphatic heterocycles. The van der Waals surface area contributed by atoms with E-state index in [0.717, 1.165) is 12.1 Å². The van der Waals surface area contributed by atoms with Crippen LogP contribution in [0.15, 0.2) is 30.3 Å². The maximum absolute atomic E-state index is 14.6. The van der Waals surface area contributed by atoms with Gasteiger partial charge in [-0.3, -0.25) is 4.79 Å². The summed E-state index contributed by atoms with van der Waals surface area (Å²) in [6.07, 6.45) is -10.1. The van der Waals surface area contributed by atoms with Crippen molar-refractivity contribution in [2.24, 2.45) is 0 Å². The van der Waals surface area contributed by atoms with Crippen molar-refractivity contribution in [3.8, 4) is 5.75 Å². The van der Waals surface area contributed by atoms with Gasteiger partial charge in [-0.2, -0.15) is 26.3 Å². The second-order valence-corrected chi connectivity index (χ2v) is 8.81. The van der Waals surface area contributed by atoms with Crippen molar-refractivity contribution < 1.29 is 49.4 Å². The van der Waals surface area contributed by atoms with E-state index in [0.29, 0.717) is 12.1 Å². The first-order chi connectivity index (χ1) is 17.1. The van der Waals surface area contributed by atoms with Crippen LogP contribution in [0, 0.1) is 11.6 Å². The summed E-state index contributed by atoms with van der Waals surface area (Å²) in [5.74, 6) is -4.16. The zero-order chi connectivity index (χ0) is 27.3. The Bertz CT molecular complexity index is 1190. The Morgan fingerprint density at radius 3 is 1.97 bits per heavy atom. The number of carbonyl (C=O) groups is 2. The fourth-order valence-corrected chi connectivity index (χ4v) is 4.33. The van der Waals surface area contributed by atoms with E-state index in [4.69, 9.17) is 4.74 Å². The Labute approximate surface area is 204 Å². The Morgan fingerprint density at radius 2 is 1.51 bits per heavy atom. The number of methoxy groups -OCH3 is 1. The van der Waals surface area contributed by atoms with Crippen LogP contribution >= 0.6 is 0 Å². The van der Waals surface area contributed by atoms with Crippen LogP contribution in [0.5, 0.6) is 5.75 Å². The van der Waals surface area contributed by atoms with Crippen LogP contribution in [0.25, 0.3) is 0 Å². The predicted molar refractivity (Wildman–Crippen MR) is 111 cm³/mol. The van der Waals surface area contributed by atoms with Crippen LogP contribution in [-0.2, 0) is 22.7 Å². The van der Waals surface area contributed by atoms with Gasteiger partial charge in [0.2, 0.25) is 5.91 Å². The molecule has 1 saturated carbocycles. The molecule has 200 valence electrons. The molecule has 0 aromatic heterocycles. The number of rotatable bonds is 5. The molecule has 14 heteroatoms. The van der Waals surface area contributed by atoms with E-state index in [9.17, 15) is 44.7 Å². The van der Waals surface area contributed by atoms with Gasteiger partial charge in [-0.15, -0.1) is 0 Å². The average molecular weight is 537 g/mol. The van der Waals surface area contributed by atoms with Crippen LogP contribution < -0.4 is 20.7 Å². The number of ether oxygens (including phenoxy) is 1. The molecule has 2 atom stereocenters. The predicted octanol–water partition coefficient (Wildman–Crippen LogP) is 4.58. The highest BCUT2D eigenvalue weighted by Crippen LogP contribution is 2.48. The van der Waals surface area contributed by atoms with E-state index in [1.807, 2.05) is 0 Å². The summed E-state index contributed by atoms with van der Waals surface area (Å²) in [6.45, 7) is -0.238. The van der Waals surface area contributed by atoms with Gasteiger partial charge in [0.25, 0.3) is 0 Å². The summed E-state index contributed by atoms with van der Waals surface area (Å²) < 4.78 is 114. The van der Waals surface area contributed by atoms with Crippen LogP contribution in [0.1, 0.15) is 41.0 Å². The summed E-state index contributed by atoms with van der Waals surface area (Å²) in [5.41, 5.74) is -5.53. The summed E-state index contributed by atoms with van der Waals surface area (Å²) in [5, 5.41) is 6.95.